The lowest BCUT2D eigenvalue weighted by Crippen LogP contribution is -2.34. The van der Waals surface area contributed by atoms with Crippen LogP contribution in [0.5, 0.6) is 0 Å². The quantitative estimate of drug-likeness (QED) is 0.772. The van der Waals surface area contributed by atoms with Gasteiger partial charge >= 0.3 is 0 Å². The van der Waals surface area contributed by atoms with Gasteiger partial charge in [-0.05, 0) is 37.1 Å². The molecule has 128 valence electrons. The van der Waals surface area contributed by atoms with E-state index in [0.717, 1.165) is 41.3 Å². The number of benzene rings is 2. The standard InChI is InChI=1S/C21H22N2OS/c22-16-17-10-4-6-12-19(17)25-20-13-7-5-11-18(20)21(24)23-14-8-2-1-3-9-15-23/h4-7,10-13H,1-3,8-9,14-15H2. The number of nitrogens with zero attached hydrogens (tertiary/aromatic N) is 2. The highest BCUT2D eigenvalue weighted by molar-refractivity contribution is 7.99. The van der Waals surface area contributed by atoms with Gasteiger partial charge in [0.05, 0.1) is 11.1 Å². The van der Waals surface area contributed by atoms with E-state index in [1.807, 2.05) is 53.4 Å². The Balaban J connectivity index is 1.85. The third-order valence-corrected chi connectivity index (χ3v) is 5.64. The minimum atomic E-state index is 0.111. The van der Waals surface area contributed by atoms with Crippen molar-refractivity contribution in [2.45, 2.75) is 41.9 Å². The van der Waals surface area contributed by atoms with Crippen LogP contribution in [0.2, 0.25) is 0 Å². The molecule has 0 radical (unpaired) electrons. The first-order valence-corrected chi connectivity index (χ1v) is 9.66. The number of nitriles is 1. The second kappa shape index (κ2) is 8.73. The predicted octanol–water partition coefficient (Wildman–Crippen LogP) is 5.12. The first kappa shape index (κ1) is 17.6. The Morgan fingerprint density at radius 1 is 0.880 bits per heavy atom. The summed E-state index contributed by atoms with van der Waals surface area (Å²) in [5, 5.41) is 9.30. The van der Waals surface area contributed by atoms with Crippen LogP contribution >= 0.6 is 11.8 Å². The smallest absolute Gasteiger partial charge is 0.255 e. The topological polar surface area (TPSA) is 44.1 Å². The van der Waals surface area contributed by atoms with Gasteiger partial charge in [0.2, 0.25) is 0 Å². The number of amides is 1. The second-order valence-corrected chi connectivity index (χ2v) is 7.35. The van der Waals surface area contributed by atoms with Crippen LogP contribution in [0.4, 0.5) is 0 Å². The molecule has 0 N–H and O–H groups in total. The summed E-state index contributed by atoms with van der Waals surface area (Å²) in [6, 6.07) is 17.5. The van der Waals surface area contributed by atoms with E-state index in [9.17, 15) is 10.1 Å². The number of hydrogen-bond acceptors (Lipinski definition) is 3. The van der Waals surface area contributed by atoms with Crippen LogP contribution in [0.1, 0.15) is 48.0 Å². The molecule has 1 fully saturated rings. The van der Waals surface area contributed by atoms with Crippen LogP contribution in [0.25, 0.3) is 0 Å². The van der Waals surface area contributed by atoms with Gasteiger partial charge in [-0.15, -0.1) is 0 Å². The average molecular weight is 350 g/mol. The molecule has 0 unspecified atom stereocenters. The lowest BCUT2D eigenvalue weighted by molar-refractivity contribution is 0.0739. The fourth-order valence-corrected chi connectivity index (χ4v) is 4.14. The van der Waals surface area contributed by atoms with E-state index >= 15 is 0 Å². The van der Waals surface area contributed by atoms with E-state index in [1.165, 1.54) is 31.0 Å². The fraction of sp³-hybridized carbons (Fsp3) is 0.333. The molecule has 0 aliphatic carbocycles. The third-order valence-electron chi connectivity index (χ3n) is 4.49. The first-order valence-electron chi connectivity index (χ1n) is 8.85. The zero-order valence-corrected chi connectivity index (χ0v) is 15.1. The van der Waals surface area contributed by atoms with Gasteiger partial charge in [0.1, 0.15) is 6.07 Å². The Hall–Kier alpha value is -2.25. The molecule has 0 aromatic heterocycles. The minimum absolute atomic E-state index is 0.111. The molecule has 1 amide bonds. The molecule has 3 nitrogen and oxygen atoms in total. The van der Waals surface area contributed by atoms with Crippen molar-refractivity contribution in [2.24, 2.45) is 0 Å². The molecular formula is C21H22N2OS. The number of carbonyl (C=O) groups excluding carboxylic acids is 1. The predicted molar refractivity (Wildman–Crippen MR) is 101 cm³/mol. The number of rotatable bonds is 3. The molecule has 1 heterocycles. The number of likely N-dealkylation sites (tertiary alicyclic amines) is 1. The minimum Gasteiger partial charge on any atom is -0.339 e. The maximum absolute atomic E-state index is 13.1. The first-order chi connectivity index (χ1) is 12.3. The van der Waals surface area contributed by atoms with E-state index in [1.54, 1.807) is 0 Å². The highest BCUT2D eigenvalue weighted by Crippen LogP contribution is 2.33. The number of hydrogen-bond donors (Lipinski definition) is 0. The molecule has 1 aliphatic heterocycles. The maximum atomic E-state index is 13.1. The van der Waals surface area contributed by atoms with E-state index < -0.39 is 0 Å². The molecule has 4 heteroatoms. The highest BCUT2D eigenvalue weighted by Gasteiger charge is 2.20. The molecule has 0 spiro atoms. The summed E-state index contributed by atoms with van der Waals surface area (Å²) in [7, 11) is 0. The van der Waals surface area contributed by atoms with E-state index in [0.29, 0.717) is 5.56 Å². The molecule has 0 saturated carbocycles. The van der Waals surface area contributed by atoms with Crippen molar-refractivity contribution < 1.29 is 4.79 Å². The van der Waals surface area contributed by atoms with Gasteiger partial charge in [0.15, 0.2) is 0 Å². The van der Waals surface area contributed by atoms with Gasteiger partial charge in [-0.1, -0.05) is 55.3 Å². The summed E-state index contributed by atoms with van der Waals surface area (Å²) in [5.74, 6) is 0.111. The molecule has 3 rings (SSSR count). The lowest BCUT2D eigenvalue weighted by atomic mass is 10.1. The Labute approximate surface area is 153 Å². The van der Waals surface area contributed by atoms with Gasteiger partial charge in [0.25, 0.3) is 5.91 Å². The van der Waals surface area contributed by atoms with Crippen LogP contribution in [0.15, 0.2) is 58.3 Å². The summed E-state index contributed by atoms with van der Waals surface area (Å²) in [6.45, 7) is 1.68. The Morgan fingerprint density at radius 2 is 1.48 bits per heavy atom. The van der Waals surface area contributed by atoms with E-state index in [4.69, 9.17) is 0 Å². The zero-order valence-electron chi connectivity index (χ0n) is 14.3. The Kier molecular flexibility index (Phi) is 6.14. The van der Waals surface area contributed by atoms with Crippen molar-refractivity contribution in [3.8, 4) is 6.07 Å². The van der Waals surface area contributed by atoms with Crippen molar-refractivity contribution in [3.05, 3.63) is 59.7 Å². The summed E-state index contributed by atoms with van der Waals surface area (Å²) in [6.07, 6.45) is 5.85. The molecule has 25 heavy (non-hydrogen) atoms. The fourth-order valence-electron chi connectivity index (χ4n) is 3.12. The monoisotopic (exact) mass is 350 g/mol. The molecule has 0 atom stereocenters. The largest absolute Gasteiger partial charge is 0.339 e. The van der Waals surface area contributed by atoms with Gasteiger partial charge in [-0.3, -0.25) is 4.79 Å². The molecule has 0 bridgehead atoms. The molecule has 1 aliphatic rings. The van der Waals surface area contributed by atoms with Gasteiger partial charge in [0, 0.05) is 22.9 Å². The maximum Gasteiger partial charge on any atom is 0.255 e. The third kappa shape index (κ3) is 4.43. The molecule has 2 aromatic rings. The van der Waals surface area contributed by atoms with Gasteiger partial charge in [-0.25, -0.2) is 0 Å². The van der Waals surface area contributed by atoms with Crippen molar-refractivity contribution in [3.63, 3.8) is 0 Å². The van der Waals surface area contributed by atoms with Gasteiger partial charge in [-0.2, -0.15) is 5.26 Å². The van der Waals surface area contributed by atoms with Crippen LogP contribution in [-0.4, -0.2) is 23.9 Å². The average Bonchev–Trinajstić information content (AvgIpc) is 2.62. The summed E-state index contributed by atoms with van der Waals surface area (Å²) >= 11 is 1.50. The molecular weight excluding hydrogens is 328 g/mol. The lowest BCUT2D eigenvalue weighted by Gasteiger charge is -2.25. The molecule has 1 saturated heterocycles. The van der Waals surface area contributed by atoms with E-state index in [-0.39, 0.29) is 5.91 Å². The molecule has 2 aromatic carbocycles. The Bertz CT molecular complexity index is 773. The van der Waals surface area contributed by atoms with E-state index in [2.05, 4.69) is 6.07 Å². The zero-order chi connectivity index (χ0) is 17.5. The van der Waals surface area contributed by atoms with Crippen LogP contribution in [-0.2, 0) is 0 Å². The van der Waals surface area contributed by atoms with Gasteiger partial charge < -0.3 is 4.90 Å². The van der Waals surface area contributed by atoms with Crippen LogP contribution in [0.3, 0.4) is 0 Å². The number of carbonyl (C=O) groups is 1. The van der Waals surface area contributed by atoms with Crippen molar-refractivity contribution in [1.29, 1.82) is 5.26 Å². The summed E-state index contributed by atoms with van der Waals surface area (Å²) in [4.78, 5) is 16.9. The van der Waals surface area contributed by atoms with Crippen LogP contribution in [0, 0.1) is 11.3 Å². The van der Waals surface area contributed by atoms with Crippen LogP contribution < -0.4 is 0 Å². The Morgan fingerprint density at radius 3 is 2.20 bits per heavy atom. The summed E-state index contributed by atoms with van der Waals surface area (Å²) in [5.41, 5.74) is 1.38. The van der Waals surface area contributed by atoms with Crippen molar-refractivity contribution >= 4 is 17.7 Å². The normalized spacial score (nSPS) is 15.1. The highest BCUT2D eigenvalue weighted by atomic mass is 32.2. The SMILES string of the molecule is N#Cc1ccccc1Sc1ccccc1C(=O)N1CCCCCCC1. The second-order valence-electron chi connectivity index (χ2n) is 6.27. The van der Waals surface area contributed by atoms with Crippen molar-refractivity contribution in [1.82, 2.24) is 4.90 Å². The summed E-state index contributed by atoms with van der Waals surface area (Å²) < 4.78 is 0. The van der Waals surface area contributed by atoms with Crippen molar-refractivity contribution in [2.75, 3.05) is 13.1 Å².